The van der Waals surface area contributed by atoms with Crippen molar-refractivity contribution < 1.29 is 49.0 Å². The van der Waals surface area contributed by atoms with Crippen LogP contribution in [0.2, 0.25) is 0 Å². The number of carbonyl (C=O) groups is 2. The van der Waals surface area contributed by atoms with Crippen molar-refractivity contribution in [2.45, 2.75) is 6.92 Å². The molecule has 1 aromatic heterocycles. The summed E-state index contributed by atoms with van der Waals surface area (Å²) in [6.07, 6.45) is 3.52. The molecular weight excluding hydrogens is 233 g/mol. The maximum atomic E-state index is 11.4. The second-order valence-corrected chi connectivity index (χ2v) is 2.84. The monoisotopic (exact) mass is 243 g/mol. The van der Waals surface area contributed by atoms with Gasteiger partial charge in [0.25, 0.3) is 0 Å². The quantitative estimate of drug-likeness (QED) is 0.186. The Bertz CT molecular complexity index is 417. The predicted octanol–water partition coefficient (Wildman–Crippen LogP) is -2.92. The normalized spacial score (nSPS) is 10.3. The standard InChI is InChI=1S/C11H11NO4.Na/c1-2-16-11(15)10(14)6-9(13)8-4-3-5-12-7-8;/h3-7,14H,2H2,1H3;/q;+1/p-1. The van der Waals surface area contributed by atoms with E-state index in [1.54, 1.807) is 13.0 Å². The van der Waals surface area contributed by atoms with Gasteiger partial charge in [-0.2, -0.15) is 0 Å². The van der Waals surface area contributed by atoms with Gasteiger partial charge in [-0.05, 0) is 30.9 Å². The number of ketones is 1. The first-order valence-corrected chi connectivity index (χ1v) is 4.65. The van der Waals surface area contributed by atoms with E-state index in [0.717, 1.165) is 0 Å². The number of allylic oxidation sites excluding steroid dienone is 1. The van der Waals surface area contributed by atoms with Gasteiger partial charge < -0.3 is 9.84 Å². The molecule has 5 nitrogen and oxygen atoms in total. The Kier molecular flexibility index (Phi) is 7.45. The van der Waals surface area contributed by atoms with E-state index >= 15 is 0 Å². The molecule has 0 amide bonds. The summed E-state index contributed by atoms with van der Waals surface area (Å²) in [5.74, 6) is -2.55. The number of hydrogen-bond donors (Lipinski definition) is 0. The molecule has 0 aliphatic heterocycles. The fourth-order valence-corrected chi connectivity index (χ4v) is 0.972. The van der Waals surface area contributed by atoms with Gasteiger partial charge in [0.05, 0.1) is 6.61 Å². The number of rotatable bonds is 4. The summed E-state index contributed by atoms with van der Waals surface area (Å²) >= 11 is 0. The van der Waals surface area contributed by atoms with Gasteiger partial charge in [0.15, 0.2) is 5.78 Å². The van der Waals surface area contributed by atoms with E-state index in [1.165, 1.54) is 18.5 Å². The van der Waals surface area contributed by atoms with E-state index in [9.17, 15) is 14.7 Å². The van der Waals surface area contributed by atoms with Gasteiger partial charge in [-0.15, -0.1) is 0 Å². The number of carbonyl (C=O) groups excluding carboxylic acids is 2. The minimum atomic E-state index is -1.03. The molecular formula is C11H10NNaO4. The van der Waals surface area contributed by atoms with Crippen molar-refractivity contribution in [3.63, 3.8) is 0 Å². The van der Waals surface area contributed by atoms with Crippen LogP contribution >= 0.6 is 0 Å². The molecule has 0 saturated carbocycles. The molecule has 0 atom stereocenters. The predicted molar refractivity (Wildman–Crippen MR) is 53.3 cm³/mol. The SMILES string of the molecule is CCOC(=O)C([O-])=CC(=O)c1cccnc1.[Na+]. The Hall–Kier alpha value is -1.17. The number of aromatic nitrogens is 1. The third-order valence-electron chi connectivity index (χ3n) is 1.68. The van der Waals surface area contributed by atoms with Gasteiger partial charge >= 0.3 is 35.5 Å². The third-order valence-corrected chi connectivity index (χ3v) is 1.68. The molecule has 0 saturated heterocycles. The second-order valence-electron chi connectivity index (χ2n) is 2.84. The zero-order valence-corrected chi connectivity index (χ0v) is 11.7. The summed E-state index contributed by atoms with van der Waals surface area (Å²) in [7, 11) is 0. The van der Waals surface area contributed by atoms with Crippen LogP contribution in [0.1, 0.15) is 17.3 Å². The van der Waals surface area contributed by atoms with Crippen molar-refractivity contribution in [2.75, 3.05) is 6.61 Å². The smallest absolute Gasteiger partial charge is 0.867 e. The van der Waals surface area contributed by atoms with Gasteiger partial charge in [-0.1, -0.05) is 0 Å². The Morgan fingerprint density at radius 1 is 1.53 bits per heavy atom. The van der Waals surface area contributed by atoms with Gasteiger partial charge in [0.1, 0.15) is 0 Å². The average molecular weight is 243 g/mol. The molecule has 0 aromatic carbocycles. The summed E-state index contributed by atoms with van der Waals surface area (Å²) in [6, 6.07) is 3.07. The van der Waals surface area contributed by atoms with Crippen LogP contribution in [0.15, 0.2) is 36.4 Å². The Labute approximate surface area is 121 Å². The molecule has 0 radical (unpaired) electrons. The zero-order valence-electron chi connectivity index (χ0n) is 9.67. The molecule has 0 aliphatic carbocycles. The topological polar surface area (TPSA) is 79.3 Å². The van der Waals surface area contributed by atoms with Gasteiger partial charge in [0.2, 0.25) is 0 Å². The Balaban J connectivity index is 0.00000256. The molecule has 0 aliphatic rings. The molecule has 0 unspecified atom stereocenters. The zero-order chi connectivity index (χ0) is 12.0. The minimum absolute atomic E-state index is 0. The van der Waals surface area contributed by atoms with Crippen molar-refractivity contribution in [3.8, 4) is 0 Å². The van der Waals surface area contributed by atoms with E-state index in [-0.39, 0.29) is 41.7 Å². The van der Waals surface area contributed by atoms with Crippen LogP contribution in [-0.2, 0) is 9.53 Å². The van der Waals surface area contributed by atoms with Gasteiger partial charge in [0, 0.05) is 18.0 Å². The number of ether oxygens (including phenoxy) is 1. The molecule has 1 rings (SSSR count). The van der Waals surface area contributed by atoms with Crippen LogP contribution < -0.4 is 34.7 Å². The van der Waals surface area contributed by atoms with Crippen molar-refractivity contribution >= 4 is 11.8 Å². The summed E-state index contributed by atoms with van der Waals surface area (Å²) in [6.45, 7) is 1.67. The van der Waals surface area contributed by atoms with Gasteiger partial charge in [-0.3, -0.25) is 9.78 Å². The first-order valence-electron chi connectivity index (χ1n) is 4.65. The van der Waals surface area contributed by atoms with Crippen molar-refractivity contribution in [1.29, 1.82) is 0 Å². The first-order chi connectivity index (χ1) is 7.65. The van der Waals surface area contributed by atoms with E-state index < -0.39 is 17.5 Å². The molecule has 0 bridgehead atoms. The number of nitrogens with zero attached hydrogens (tertiary/aromatic N) is 1. The number of hydrogen-bond acceptors (Lipinski definition) is 5. The van der Waals surface area contributed by atoms with Crippen molar-refractivity contribution in [3.05, 3.63) is 41.9 Å². The molecule has 1 heterocycles. The summed E-state index contributed by atoms with van der Waals surface area (Å²) in [5, 5.41) is 11.1. The van der Waals surface area contributed by atoms with Crippen molar-refractivity contribution in [2.24, 2.45) is 0 Å². The number of esters is 1. The molecule has 17 heavy (non-hydrogen) atoms. The molecule has 0 spiro atoms. The van der Waals surface area contributed by atoms with Crippen LogP contribution in [0, 0.1) is 0 Å². The molecule has 84 valence electrons. The largest absolute Gasteiger partial charge is 1.00 e. The van der Waals surface area contributed by atoms with Crippen molar-refractivity contribution in [1.82, 2.24) is 4.98 Å². The van der Waals surface area contributed by atoms with Crippen LogP contribution in [0.3, 0.4) is 0 Å². The molecule has 0 fully saturated rings. The molecule has 0 N–H and O–H groups in total. The van der Waals surface area contributed by atoms with Gasteiger partial charge in [-0.25, -0.2) is 4.79 Å². The summed E-state index contributed by atoms with van der Waals surface area (Å²) < 4.78 is 4.45. The summed E-state index contributed by atoms with van der Waals surface area (Å²) in [5.41, 5.74) is 0.250. The van der Waals surface area contributed by atoms with E-state index in [1.807, 2.05) is 0 Å². The van der Waals surface area contributed by atoms with Crippen LogP contribution in [0.25, 0.3) is 0 Å². The minimum Gasteiger partial charge on any atom is -0.867 e. The van der Waals surface area contributed by atoms with E-state index in [0.29, 0.717) is 6.08 Å². The second kappa shape index (κ2) is 8.00. The first kappa shape index (κ1) is 15.8. The Morgan fingerprint density at radius 3 is 2.76 bits per heavy atom. The maximum absolute atomic E-state index is 11.4. The van der Waals surface area contributed by atoms with Crippen LogP contribution in [0.5, 0.6) is 0 Å². The molecule has 1 aromatic rings. The Morgan fingerprint density at radius 2 is 2.24 bits per heavy atom. The fraction of sp³-hybridized carbons (Fsp3) is 0.182. The number of pyridine rings is 1. The summed E-state index contributed by atoms with van der Waals surface area (Å²) in [4.78, 5) is 26.1. The molecule has 6 heteroatoms. The van der Waals surface area contributed by atoms with Crippen LogP contribution in [-0.4, -0.2) is 23.3 Å². The fourth-order valence-electron chi connectivity index (χ4n) is 0.972. The third kappa shape index (κ3) is 5.12. The average Bonchev–Trinajstić information content (AvgIpc) is 2.30. The van der Waals surface area contributed by atoms with Crippen LogP contribution in [0.4, 0.5) is 0 Å². The van der Waals surface area contributed by atoms with E-state index in [4.69, 9.17) is 0 Å². The van der Waals surface area contributed by atoms with E-state index in [2.05, 4.69) is 9.72 Å². The maximum Gasteiger partial charge on any atom is 1.00 e.